The lowest BCUT2D eigenvalue weighted by Gasteiger charge is -2.32. The van der Waals surface area contributed by atoms with Crippen LogP contribution in [0.3, 0.4) is 0 Å². The second-order valence-electron chi connectivity index (χ2n) is 6.40. The molecule has 2 amide bonds. The number of hydrogen-bond acceptors (Lipinski definition) is 5. The summed E-state index contributed by atoms with van der Waals surface area (Å²) in [6, 6.07) is 8.48. The molecule has 2 aromatic rings. The van der Waals surface area contributed by atoms with Gasteiger partial charge in [0.05, 0.1) is 18.5 Å². The smallest absolute Gasteiger partial charge is 0.268 e. The summed E-state index contributed by atoms with van der Waals surface area (Å²) in [6.45, 7) is 3.64. The van der Waals surface area contributed by atoms with Crippen LogP contribution in [-0.2, 0) is 16.1 Å². The van der Waals surface area contributed by atoms with Crippen LogP contribution in [0.1, 0.15) is 42.8 Å². The van der Waals surface area contributed by atoms with E-state index < -0.39 is 6.10 Å². The molecule has 142 valence electrons. The standard InChI is InChI=1S/C20H22N2O5/c1-3-5-17(23)14-7-8-18-16(10-14)22(20(25)13(2)27-18)12-19(24)21-11-15-6-4-9-26-15/h4,6-10,13H,3,5,11-12H2,1-2H3,(H,21,24). The number of anilines is 1. The van der Waals surface area contributed by atoms with Gasteiger partial charge in [0, 0.05) is 12.0 Å². The summed E-state index contributed by atoms with van der Waals surface area (Å²) in [5.74, 6) is 0.446. The number of benzene rings is 1. The Morgan fingerprint density at radius 2 is 2.07 bits per heavy atom. The molecular weight excluding hydrogens is 348 g/mol. The summed E-state index contributed by atoms with van der Waals surface area (Å²) in [5, 5.41) is 2.72. The van der Waals surface area contributed by atoms with E-state index in [2.05, 4.69) is 5.32 Å². The average molecular weight is 370 g/mol. The van der Waals surface area contributed by atoms with E-state index in [0.29, 0.717) is 29.2 Å². The number of carbonyl (C=O) groups is 3. The fraction of sp³-hybridized carbons (Fsp3) is 0.350. The number of nitrogens with one attached hydrogen (secondary N) is 1. The third-order valence-electron chi connectivity index (χ3n) is 4.31. The molecule has 0 fully saturated rings. The number of furan rings is 1. The van der Waals surface area contributed by atoms with Crippen molar-refractivity contribution >= 4 is 23.3 Å². The van der Waals surface area contributed by atoms with Gasteiger partial charge in [-0.3, -0.25) is 19.3 Å². The van der Waals surface area contributed by atoms with Crippen molar-refractivity contribution in [3.05, 3.63) is 47.9 Å². The topological polar surface area (TPSA) is 88.9 Å². The highest BCUT2D eigenvalue weighted by Crippen LogP contribution is 2.35. The van der Waals surface area contributed by atoms with E-state index in [1.807, 2.05) is 6.92 Å². The molecule has 3 rings (SSSR count). The van der Waals surface area contributed by atoms with Gasteiger partial charge < -0.3 is 14.5 Å². The van der Waals surface area contributed by atoms with E-state index in [0.717, 1.165) is 6.42 Å². The summed E-state index contributed by atoms with van der Waals surface area (Å²) < 4.78 is 10.8. The molecule has 1 atom stereocenters. The van der Waals surface area contributed by atoms with Crippen molar-refractivity contribution in [1.82, 2.24) is 5.32 Å². The van der Waals surface area contributed by atoms with E-state index in [4.69, 9.17) is 9.15 Å². The highest BCUT2D eigenvalue weighted by atomic mass is 16.5. The Hall–Kier alpha value is -3.09. The maximum atomic E-state index is 12.6. The normalized spacial score (nSPS) is 15.9. The lowest BCUT2D eigenvalue weighted by molar-refractivity contribution is -0.128. The van der Waals surface area contributed by atoms with Gasteiger partial charge in [0.25, 0.3) is 5.91 Å². The summed E-state index contributed by atoms with van der Waals surface area (Å²) in [6.07, 6.45) is 1.99. The molecule has 0 saturated carbocycles. The van der Waals surface area contributed by atoms with Crippen molar-refractivity contribution in [2.75, 3.05) is 11.4 Å². The summed E-state index contributed by atoms with van der Waals surface area (Å²) >= 11 is 0. The number of nitrogens with zero attached hydrogens (tertiary/aromatic N) is 1. The molecule has 1 aliphatic rings. The van der Waals surface area contributed by atoms with E-state index in [9.17, 15) is 14.4 Å². The van der Waals surface area contributed by atoms with Crippen molar-refractivity contribution in [1.29, 1.82) is 0 Å². The predicted molar refractivity (Wildman–Crippen MR) is 98.7 cm³/mol. The first-order valence-corrected chi connectivity index (χ1v) is 8.94. The van der Waals surface area contributed by atoms with Gasteiger partial charge in [0.2, 0.25) is 5.91 Å². The molecule has 1 aromatic carbocycles. The minimum absolute atomic E-state index is 0.00593. The average Bonchev–Trinajstić information content (AvgIpc) is 3.17. The van der Waals surface area contributed by atoms with Crippen LogP contribution in [0.5, 0.6) is 5.75 Å². The van der Waals surface area contributed by atoms with Gasteiger partial charge in [0.1, 0.15) is 18.1 Å². The highest BCUT2D eigenvalue weighted by Gasteiger charge is 2.33. The molecule has 1 aromatic heterocycles. The number of ketones is 1. The summed E-state index contributed by atoms with van der Waals surface area (Å²) in [4.78, 5) is 38.5. The number of amides is 2. The molecular formula is C20H22N2O5. The number of ether oxygens (including phenoxy) is 1. The molecule has 7 heteroatoms. The number of Topliss-reactive ketones (excluding diaryl/α,β-unsaturated/α-hetero) is 1. The van der Waals surface area contributed by atoms with Gasteiger partial charge in [-0.05, 0) is 43.7 Å². The fourth-order valence-corrected chi connectivity index (χ4v) is 2.91. The van der Waals surface area contributed by atoms with Crippen molar-refractivity contribution < 1.29 is 23.5 Å². The minimum atomic E-state index is -0.701. The van der Waals surface area contributed by atoms with Crippen LogP contribution in [-0.4, -0.2) is 30.2 Å². The number of hydrogen-bond donors (Lipinski definition) is 1. The molecule has 1 aliphatic heterocycles. The quantitative estimate of drug-likeness (QED) is 0.757. The third-order valence-corrected chi connectivity index (χ3v) is 4.31. The van der Waals surface area contributed by atoms with Crippen molar-refractivity contribution in [3.63, 3.8) is 0 Å². The van der Waals surface area contributed by atoms with Gasteiger partial charge in [0.15, 0.2) is 11.9 Å². The Bertz CT molecular complexity index is 844. The Morgan fingerprint density at radius 3 is 2.78 bits per heavy atom. The van der Waals surface area contributed by atoms with Crippen LogP contribution in [0.15, 0.2) is 41.0 Å². The van der Waals surface area contributed by atoms with Crippen LogP contribution in [0, 0.1) is 0 Å². The summed E-state index contributed by atoms with van der Waals surface area (Å²) in [7, 11) is 0. The predicted octanol–water partition coefficient (Wildman–Crippen LogP) is 2.69. The van der Waals surface area contributed by atoms with Crippen LogP contribution in [0.25, 0.3) is 0 Å². The zero-order valence-electron chi connectivity index (χ0n) is 15.4. The highest BCUT2D eigenvalue weighted by molar-refractivity contribution is 6.05. The van der Waals surface area contributed by atoms with E-state index >= 15 is 0 Å². The Morgan fingerprint density at radius 1 is 1.26 bits per heavy atom. The van der Waals surface area contributed by atoms with E-state index in [-0.39, 0.29) is 30.7 Å². The van der Waals surface area contributed by atoms with Crippen molar-refractivity contribution in [3.8, 4) is 5.75 Å². The van der Waals surface area contributed by atoms with Crippen LogP contribution < -0.4 is 15.0 Å². The third kappa shape index (κ3) is 4.19. The monoisotopic (exact) mass is 370 g/mol. The Balaban J connectivity index is 1.79. The van der Waals surface area contributed by atoms with Crippen molar-refractivity contribution in [2.45, 2.75) is 39.3 Å². The Kier molecular flexibility index (Phi) is 5.59. The maximum Gasteiger partial charge on any atom is 0.268 e. The molecule has 0 aliphatic carbocycles. The van der Waals surface area contributed by atoms with Gasteiger partial charge in [-0.25, -0.2) is 0 Å². The first-order chi connectivity index (χ1) is 13.0. The van der Waals surface area contributed by atoms with Crippen LogP contribution in [0.4, 0.5) is 5.69 Å². The first kappa shape index (κ1) is 18.7. The number of carbonyl (C=O) groups excluding carboxylic acids is 3. The molecule has 0 bridgehead atoms. The number of fused-ring (bicyclic) bond motifs is 1. The molecule has 0 spiro atoms. The zero-order valence-corrected chi connectivity index (χ0v) is 15.4. The molecule has 27 heavy (non-hydrogen) atoms. The first-order valence-electron chi connectivity index (χ1n) is 8.94. The molecule has 2 heterocycles. The lowest BCUT2D eigenvalue weighted by Crippen LogP contribution is -2.48. The second-order valence-corrected chi connectivity index (χ2v) is 6.40. The second kappa shape index (κ2) is 8.07. The fourth-order valence-electron chi connectivity index (χ4n) is 2.91. The number of rotatable bonds is 7. The van der Waals surface area contributed by atoms with E-state index in [1.54, 1.807) is 37.3 Å². The molecule has 0 saturated heterocycles. The van der Waals surface area contributed by atoms with Gasteiger partial charge >= 0.3 is 0 Å². The lowest BCUT2D eigenvalue weighted by atomic mass is 10.0. The van der Waals surface area contributed by atoms with Crippen LogP contribution >= 0.6 is 0 Å². The van der Waals surface area contributed by atoms with Crippen LogP contribution in [0.2, 0.25) is 0 Å². The van der Waals surface area contributed by atoms with Gasteiger partial charge in [-0.2, -0.15) is 0 Å². The molecule has 1 N–H and O–H groups in total. The minimum Gasteiger partial charge on any atom is -0.479 e. The van der Waals surface area contributed by atoms with E-state index in [1.165, 1.54) is 11.2 Å². The van der Waals surface area contributed by atoms with Gasteiger partial charge in [-0.1, -0.05) is 6.92 Å². The molecule has 0 radical (unpaired) electrons. The maximum absolute atomic E-state index is 12.6. The summed E-state index contributed by atoms with van der Waals surface area (Å²) in [5.41, 5.74) is 0.941. The zero-order chi connectivity index (χ0) is 19.4. The van der Waals surface area contributed by atoms with Crippen molar-refractivity contribution in [2.24, 2.45) is 0 Å². The molecule has 1 unspecified atom stereocenters. The Labute approximate surface area is 157 Å². The SMILES string of the molecule is CCCC(=O)c1ccc2c(c1)N(CC(=O)NCc1ccco1)C(=O)C(C)O2. The largest absolute Gasteiger partial charge is 0.479 e. The molecule has 7 nitrogen and oxygen atoms in total. The van der Waals surface area contributed by atoms with Gasteiger partial charge in [-0.15, -0.1) is 0 Å².